The number of halogens is 1. The van der Waals surface area contributed by atoms with Crippen molar-refractivity contribution in [1.82, 2.24) is 9.55 Å². The average Bonchev–Trinajstić information content (AvgIpc) is 2.65. The summed E-state index contributed by atoms with van der Waals surface area (Å²) in [6.45, 7) is 8.71. The summed E-state index contributed by atoms with van der Waals surface area (Å²) in [5.74, 6) is 0.896. The maximum Gasteiger partial charge on any atom is 0.132 e. The van der Waals surface area contributed by atoms with Gasteiger partial charge in [-0.1, -0.05) is 6.07 Å². The zero-order valence-corrected chi connectivity index (χ0v) is 14.3. The van der Waals surface area contributed by atoms with Crippen molar-refractivity contribution < 1.29 is 5.11 Å². The first-order valence-electron chi connectivity index (χ1n) is 6.78. The van der Waals surface area contributed by atoms with Gasteiger partial charge in [0, 0.05) is 19.0 Å². The SMILES string of the molecule is Cc1cc(C)c(C)c(-c2c(Br)nc(CCO)n2C)c1C. The molecule has 0 fully saturated rings. The molecule has 0 aliphatic rings. The lowest BCUT2D eigenvalue weighted by atomic mass is 9.92. The standard InChI is InChI=1S/C16H21BrN2O/c1-9-8-10(2)12(4)14(11(9)3)15-16(17)18-13(6-7-20)19(15)5/h8,20H,6-7H2,1-5H3. The van der Waals surface area contributed by atoms with Crippen LogP contribution in [0.15, 0.2) is 10.7 Å². The maximum atomic E-state index is 9.14. The first-order valence-corrected chi connectivity index (χ1v) is 7.57. The van der Waals surface area contributed by atoms with Gasteiger partial charge in [0.05, 0.1) is 12.3 Å². The van der Waals surface area contributed by atoms with Gasteiger partial charge in [-0.15, -0.1) is 0 Å². The van der Waals surface area contributed by atoms with Gasteiger partial charge in [0.15, 0.2) is 0 Å². The second kappa shape index (κ2) is 5.70. The molecular weight excluding hydrogens is 316 g/mol. The van der Waals surface area contributed by atoms with Crippen LogP contribution in [-0.4, -0.2) is 21.3 Å². The fourth-order valence-corrected chi connectivity index (χ4v) is 3.34. The fraction of sp³-hybridized carbons (Fsp3) is 0.438. The van der Waals surface area contributed by atoms with E-state index >= 15 is 0 Å². The Labute approximate surface area is 128 Å². The number of imidazole rings is 1. The Morgan fingerprint density at radius 3 is 2.20 bits per heavy atom. The number of hydrogen-bond acceptors (Lipinski definition) is 2. The Morgan fingerprint density at radius 2 is 1.70 bits per heavy atom. The van der Waals surface area contributed by atoms with Crippen LogP contribution in [0.3, 0.4) is 0 Å². The van der Waals surface area contributed by atoms with E-state index in [-0.39, 0.29) is 6.61 Å². The van der Waals surface area contributed by atoms with Crippen LogP contribution in [0.2, 0.25) is 0 Å². The number of hydrogen-bond donors (Lipinski definition) is 1. The third kappa shape index (κ3) is 2.42. The molecule has 20 heavy (non-hydrogen) atoms. The van der Waals surface area contributed by atoms with E-state index in [1.807, 2.05) is 7.05 Å². The van der Waals surface area contributed by atoms with Crippen molar-refractivity contribution in [3.8, 4) is 11.3 Å². The van der Waals surface area contributed by atoms with Gasteiger partial charge in [0.1, 0.15) is 10.4 Å². The van der Waals surface area contributed by atoms with E-state index in [0.717, 1.165) is 16.1 Å². The fourth-order valence-electron chi connectivity index (χ4n) is 2.68. The summed E-state index contributed by atoms with van der Waals surface area (Å²) in [6, 6.07) is 2.23. The molecule has 2 rings (SSSR count). The first kappa shape index (κ1) is 15.3. The number of aromatic nitrogens is 2. The van der Waals surface area contributed by atoms with Crippen LogP contribution in [0.5, 0.6) is 0 Å². The third-order valence-electron chi connectivity index (χ3n) is 4.08. The zero-order valence-electron chi connectivity index (χ0n) is 12.7. The lowest BCUT2D eigenvalue weighted by molar-refractivity contribution is 0.295. The molecule has 1 heterocycles. The topological polar surface area (TPSA) is 38.1 Å². The highest BCUT2D eigenvalue weighted by molar-refractivity contribution is 9.10. The summed E-state index contributed by atoms with van der Waals surface area (Å²) in [7, 11) is 2.01. The Balaban J connectivity index is 2.75. The normalized spacial score (nSPS) is 11.2. The van der Waals surface area contributed by atoms with Crippen molar-refractivity contribution in [3.05, 3.63) is 38.7 Å². The number of aryl methyl sites for hydroxylation is 2. The number of benzene rings is 1. The lowest BCUT2D eigenvalue weighted by Crippen LogP contribution is -2.04. The van der Waals surface area contributed by atoms with Crippen molar-refractivity contribution in [2.24, 2.45) is 7.05 Å². The van der Waals surface area contributed by atoms with E-state index in [4.69, 9.17) is 5.11 Å². The molecule has 0 aliphatic heterocycles. The van der Waals surface area contributed by atoms with E-state index in [1.54, 1.807) is 0 Å². The highest BCUT2D eigenvalue weighted by atomic mass is 79.9. The summed E-state index contributed by atoms with van der Waals surface area (Å²) < 4.78 is 2.92. The van der Waals surface area contributed by atoms with Gasteiger partial charge in [0.25, 0.3) is 0 Å². The van der Waals surface area contributed by atoms with Gasteiger partial charge in [-0.25, -0.2) is 4.98 Å². The monoisotopic (exact) mass is 336 g/mol. The second-order valence-electron chi connectivity index (χ2n) is 5.34. The molecule has 1 aromatic heterocycles. The van der Waals surface area contributed by atoms with Crippen molar-refractivity contribution >= 4 is 15.9 Å². The highest BCUT2D eigenvalue weighted by Gasteiger charge is 2.19. The van der Waals surface area contributed by atoms with Gasteiger partial charge in [-0.2, -0.15) is 0 Å². The molecule has 0 saturated carbocycles. The van der Waals surface area contributed by atoms with E-state index in [1.165, 1.54) is 27.8 Å². The molecule has 0 amide bonds. The van der Waals surface area contributed by atoms with Crippen LogP contribution in [-0.2, 0) is 13.5 Å². The molecule has 0 spiro atoms. The van der Waals surface area contributed by atoms with Crippen LogP contribution in [0.25, 0.3) is 11.3 Å². The quantitative estimate of drug-likeness (QED) is 0.929. The third-order valence-corrected chi connectivity index (χ3v) is 4.64. The van der Waals surface area contributed by atoms with E-state index in [9.17, 15) is 0 Å². The van der Waals surface area contributed by atoms with Crippen molar-refractivity contribution in [2.75, 3.05) is 6.61 Å². The molecule has 0 aliphatic carbocycles. The van der Waals surface area contributed by atoms with Gasteiger partial charge in [-0.3, -0.25) is 0 Å². The molecule has 0 radical (unpaired) electrons. The van der Waals surface area contributed by atoms with Gasteiger partial charge in [-0.05, 0) is 65.9 Å². The van der Waals surface area contributed by atoms with Crippen LogP contribution < -0.4 is 0 Å². The predicted molar refractivity (Wildman–Crippen MR) is 86.1 cm³/mol. The van der Waals surface area contributed by atoms with E-state index in [0.29, 0.717) is 6.42 Å². The smallest absolute Gasteiger partial charge is 0.132 e. The average molecular weight is 337 g/mol. The molecular formula is C16H21BrN2O. The lowest BCUT2D eigenvalue weighted by Gasteiger charge is -2.16. The molecule has 1 aromatic carbocycles. The second-order valence-corrected chi connectivity index (χ2v) is 6.09. The Morgan fingerprint density at radius 1 is 1.15 bits per heavy atom. The summed E-state index contributed by atoms with van der Waals surface area (Å²) in [6.07, 6.45) is 0.567. The molecule has 0 saturated heterocycles. The highest BCUT2D eigenvalue weighted by Crippen LogP contribution is 2.36. The van der Waals surface area contributed by atoms with Crippen LogP contribution >= 0.6 is 15.9 Å². The molecule has 0 unspecified atom stereocenters. The maximum absolute atomic E-state index is 9.14. The van der Waals surface area contributed by atoms with Crippen LogP contribution in [0, 0.1) is 27.7 Å². The van der Waals surface area contributed by atoms with Crippen LogP contribution in [0.1, 0.15) is 28.1 Å². The Bertz CT molecular complexity index is 633. The van der Waals surface area contributed by atoms with Crippen molar-refractivity contribution in [3.63, 3.8) is 0 Å². The Hall–Kier alpha value is -1.13. The minimum atomic E-state index is 0.113. The van der Waals surface area contributed by atoms with Gasteiger partial charge in [0.2, 0.25) is 0 Å². The molecule has 108 valence electrons. The van der Waals surface area contributed by atoms with Crippen molar-refractivity contribution in [1.29, 1.82) is 0 Å². The summed E-state index contributed by atoms with van der Waals surface area (Å²) in [4.78, 5) is 4.54. The first-order chi connectivity index (χ1) is 9.38. The van der Waals surface area contributed by atoms with Crippen molar-refractivity contribution in [2.45, 2.75) is 34.1 Å². The number of rotatable bonds is 3. The van der Waals surface area contributed by atoms with Gasteiger partial charge >= 0.3 is 0 Å². The number of nitrogens with zero attached hydrogens (tertiary/aromatic N) is 2. The Kier molecular flexibility index (Phi) is 4.35. The number of aliphatic hydroxyl groups excluding tert-OH is 1. The van der Waals surface area contributed by atoms with E-state index in [2.05, 4.69) is 59.2 Å². The van der Waals surface area contributed by atoms with Crippen LogP contribution in [0.4, 0.5) is 0 Å². The number of aliphatic hydroxyl groups is 1. The molecule has 1 N–H and O–H groups in total. The zero-order chi connectivity index (χ0) is 15.0. The molecule has 4 heteroatoms. The largest absolute Gasteiger partial charge is 0.396 e. The predicted octanol–water partition coefficient (Wildman–Crippen LogP) is 3.62. The summed E-state index contributed by atoms with van der Waals surface area (Å²) in [5, 5.41) is 9.14. The summed E-state index contributed by atoms with van der Waals surface area (Å²) >= 11 is 3.58. The minimum absolute atomic E-state index is 0.113. The van der Waals surface area contributed by atoms with E-state index < -0.39 is 0 Å². The molecule has 0 atom stereocenters. The molecule has 0 bridgehead atoms. The summed E-state index contributed by atoms with van der Waals surface area (Å²) in [5.41, 5.74) is 7.49. The van der Waals surface area contributed by atoms with Gasteiger partial charge < -0.3 is 9.67 Å². The minimum Gasteiger partial charge on any atom is -0.396 e. The molecule has 2 aromatic rings. The molecule has 3 nitrogen and oxygen atoms in total.